The van der Waals surface area contributed by atoms with Gasteiger partial charge in [0.1, 0.15) is 6.17 Å². The van der Waals surface area contributed by atoms with E-state index in [-0.39, 0.29) is 23.4 Å². The van der Waals surface area contributed by atoms with Gasteiger partial charge >= 0.3 is 0 Å². The number of aromatic amines is 1. The summed E-state index contributed by atoms with van der Waals surface area (Å²) in [5.41, 5.74) is 15.2. The fourth-order valence-electron chi connectivity index (χ4n) is 5.22. The first-order valence-electron chi connectivity index (χ1n) is 11.6. The smallest absolute Gasteiger partial charge is 0.264 e. The van der Waals surface area contributed by atoms with Gasteiger partial charge in [-0.1, -0.05) is 54.1 Å². The maximum atomic E-state index is 14.2. The predicted octanol–water partition coefficient (Wildman–Crippen LogP) is 3.65. The molecule has 184 valence electrons. The van der Waals surface area contributed by atoms with E-state index in [4.69, 9.17) is 23.1 Å². The van der Waals surface area contributed by atoms with Gasteiger partial charge in [-0.05, 0) is 36.6 Å². The molecule has 0 aliphatic carbocycles. The highest BCUT2D eigenvalue weighted by atomic mass is 35.5. The van der Waals surface area contributed by atoms with Crippen LogP contribution in [0.15, 0.2) is 76.7 Å². The van der Waals surface area contributed by atoms with Crippen LogP contribution in [0.5, 0.6) is 0 Å². The number of guanidine groups is 1. The maximum Gasteiger partial charge on any atom is 0.264 e. The molecule has 0 saturated carbocycles. The summed E-state index contributed by atoms with van der Waals surface area (Å²) < 4.78 is 29.8. The van der Waals surface area contributed by atoms with Crippen LogP contribution >= 0.6 is 11.6 Å². The molecule has 11 heteroatoms. The van der Waals surface area contributed by atoms with Crippen molar-refractivity contribution in [3.63, 3.8) is 0 Å². The second-order valence-corrected chi connectivity index (χ2v) is 11.2. The summed E-state index contributed by atoms with van der Waals surface area (Å²) >= 11 is 6.38. The van der Waals surface area contributed by atoms with E-state index >= 15 is 0 Å². The third-order valence-electron chi connectivity index (χ3n) is 6.93. The van der Waals surface area contributed by atoms with Gasteiger partial charge in [-0.25, -0.2) is 8.42 Å². The van der Waals surface area contributed by atoms with Gasteiger partial charge < -0.3 is 16.4 Å². The number of fused-ring (bicyclic) bond motifs is 3. The highest BCUT2D eigenvalue weighted by Crippen LogP contribution is 2.38. The molecule has 0 saturated heterocycles. The van der Waals surface area contributed by atoms with Crippen LogP contribution in [0, 0.1) is 0 Å². The van der Waals surface area contributed by atoms with Crippen molar-refractivity contribution in [1.29, 1.82) is 0 Å². The molecule has 0 spiro atoms. The van der Waals surface area contributed by atoms with Crippen molar-refractivity contribution in [3.05, 3.63) is 83.0 Å². The number of aliphatic imine (C=N–C) groups is 1. The summed E-state index contributed by atoms with van der Waals surface area (Å²) in [5.74, 6) is 0.825. The molecule has 0 amide bonds. The largest absolute Gasteiger partial charge is 0.369 e. The van der Waals surface area contributed by atoms with E-state index in [9.17, 15) is 8.42 Å². The Hall–Kier alpha value is -3.60. The first-order valence-corrected chi connectivity index (χ1v) is 13.4. The predicted molar refractivity (Wildman–Crippen MR) is 141 cm³/mol. The van der Waals surface area contributed by atoms with Crippen LogP contribution in [0.4, 0.5) is 11.5 Å². The van der Waals surface area contributed by atoms with E-state index in [1.807, 2.05) is 35.2 Å². The number of para-hydroxylation sites is 1. The molecule has 0 fully saturated rings. The summed E-state index contributed by atoms with van der Waals surface area (Å²) in [6, 6.07) is 17.9. The number of halogens is 1. The Labute approximate surface area is 213 Å². The zero-order valence-electron chi connectivity index (χ0n) is 19.2. The number of rotatable bonds is 3. The minimum Gasteiger partial charge on any atom is -0.369 e. The Bertz CT molecular complexity index is 1620. The monoisotopic (exact) mass is 521 g/mol. The summed E-state index contributed by atoms with van der Waals surface area (Å²) in [5, 5.41) is 8.64. The Morgan fingerprint density at radius 1 is 1.03 bits per heavy atom. The number of nitrogens with one attached hydrogen (secondary N) is 1. The molecule has 2 atom stereocenters. The molecule has 3 heterocycles. The molecule has 1 aromatic heterocycles. The lowest BCUT2D eigenvalue weighted by atomic mass is 10.0. The lowest BCUT2D eigenvalue weighted by Crippen LogP contribution is -2.52. The van der Waals surface area contributed by atoms with Crippen LogP contribution in [-0.2, 0) is 16.4 Å². The molecule has 3 aromatic carbocycles. The van der Waals surface area contributed by atoms with Crippen molar-refractivity contribution < 1.29 is 8.42 Å². The van der Waals surface area contributed by atoms with E-state index in [2.05, 4.69) is 15.2 Å². The van der Waals surface area contributed by atoms with Crippen molar-refractivity contribution in [2.75, 3.05) is 10.8 Å². The number of nitrogens with zero attached hydrogens (tertiary/aromatic N) is 4. The van der Waals surface area contributed by atoms with Crippen LogP contribution in [0.25, 0.3) is 10.8 Å². The molecule has 0 bridgehead atoms. The van der Waals surface area contributed by atoms with Crippen LogP contribution in [0.1, 0.15) is 23.7 Å². The minimum atomic E-state index is -3.91. The van der Waals surface area contributed by atoms with Crippen molar-refractivity contribution in [1.82, 2.24) is 15.1 Å². The van der Waals surface area contributed by atoms with E-state index in [1.54, 1.807) is 36.5 Å². The van der Waals surface area contributed by atoms with E-state index in [0.29, 0.717) is 40.1 Å². The van der Waals surface area contributed by atoms with Crippen molar-refractivity contribution in [3.8, 4) is 0 Å². The third kappa shape index (κ3) is 3.52. The Morgan fingerprint density at radius 2 is 1.81 bits per heavy atom. The zero-order valence-corrected chi connectivity index (χ0v) is 20.7. The van der Waals surface area contributed by atoms with Crippen LogP contribution in [0.2, 0.25) is 5.02 Å². The normalized spacial score (nSPS) is 20.0. The molecule has 2 aliphatic heterocycles. The van der Waals surface area contributed by atoms with Gasteiger partial charge in [0, 0.05) is 28.4 Å². The van der Waals surface area contributed by atoms with E-state index in [0.717, 1.165) is 11.1 Å². The highest BCUT2D eigenvalue weighted by Gasteiger charge is 2.37. The molecule has 6 rings (SSSR count). The SMILES string of the molecule is NC1=Nc2[nH]ncc2C(N)N1C1CCN(S(=O)(=O)c2cccc3c(Cl)cccc23)c2ccccc2C1. The minimum absolute atomic E-state index is 0.171. The molecule has 2 unspecified atom stereocenters. The van der Waals surface area contributed by atoms with Crippen molar-refractivity contribution >= 4 is 49.9 Å². The molecule has 0 radical (unpaired) electrons. The number of anilines is 1. The first kappa shape index (κ1) is 22.8. The number of aromatic nitrogens is 2. The fourth-order valence-corrected chi connectivity index (χ4v) is 7.18. The lowest BCUT2D eigenvalue weighted by Gasteiger charge is -2.38. The van der Waals surface area contributed by atoms with Crippen LogP contribution in [0.3, 0.4) is 0 Å². The summed E-state index contributed by atoms with van der Waals surface area (Å²) in [7, 11) is -3.91. The molecule has 5 N–H and O–H groups in total. The Morgan fingerprint density at radius 3 is 2.67 bits per heavy atom. The quantitative estimate of drug-likeness (QED) is 0.377. The average Bonchev–Trinajstić information content (AvgIpc) is 3.24. The van der Waals surface area contributed by atoms with Crippen molar-refractivity contribution in [2.45, 2.75) is 29.9 Å². The molecular weight excluding hydrogens is 498 g/mol. The molecule has 9 nitrogen and oxygen atoms in total. The lowest BCUT2D eigenvalue weighted by molar-refractivity contribution is 0.226. The molecule has 4 aromatic rings. The van der Waals surface area contributed by atoms with Crippen molar-refractivity contribution in [2.24, 2.45) is 16.5 Å². The topological polar surface area (TPSA) is 134 Å². The fraction of sp³-hybridized carbons (Fsp3) is 0.200. The zero-order chi connectivity index (χ0) is 25.0. The number of benzene rings is 3. The maximum absolute atomic E-state index is 14.2. The van der Waals surface area contributed by atoms with E-state index in [1.165, 1.54) is 4.31 Å². The molecular formula is C25H24ClN7O2S. The summed E-state index contributed by atoms with van der Waals surface area (Å²) in [4.78, 5) is 6.52. The Kier molecular flexibility index (Phi) is 5.40. The van der Waals surface area contributed by atoms with Crippen LogP contribution in [-0.4, -0.2) is 42.1 Å². The van der Waals surface area contributed by atoms with Gasteiger partial charge in [-0.3, -0.25) is 9.40 Å². The standard InChI is InChI=1S/C25H24ClN7O2S/c26-20-8-3-7-18-17(20)6-4-10-22(18)36(34,35)32-12-11-16(13-15-5-1-2-9-21(15)32)33-23(27)19-14-29-31-24(19)30-25(33)28/h1-10,14,16,23H,11-13,27H2,(H3,28,29,30,31). The van der Waals surface area contributed by atoms with Gasteiger partial charge in [-0.15, -0.1) is 0 Å². The highest BCUT2D eigenvalue weighted by molar-refractivity contribution is 7.93. The second kappa shape index (κ2) is 8.51. The number of hydrogen-bond donors (Lipinski definition) is 3. The second-order valence-electron chi connectivity index (χ2n) is 8.94. The number of sulfonamides is 1. The van der Waals surface area contributed by atoms with Gasteiger partial charge in [0.15, 0.2) is 11.8 Å². The Balaban J connectivity index is 1.42. The third-order valence-corrected chi connectivity index (χ3v) is 9.13. The van der Waals surface area contributed by atoms with Gasteiger partial charge in [-0.2, -0.15) is 10.1 Å². The summed E-state index contributed by atoms with van der Waals surface area (Å²) in [6.45, 7) is 0.246. The van der Waals surface area contributed by atoms with Gasteiger partial charge in [0.05, 0.1) is 22.3 Å². The van der Waals surface area contributed by atoms with E-state index < -0.39 is 16.2 Å². The summed E-state index contributed by atoms with van der Waals surface area (Å²) in [6.07, 6.45) is 2.16. The van der Waals surface area contributed by atoms with Gasteiger partial charge in [0.2, 0.25) is 0 Å². The number of hydrogen-bond acceptors (Lipinski definition) is 7. The van der Waals surface area contributed by atoms with Crippen LogP contribution < -0.4 is 15.8 Å². The first-order chi connectivity index (χ1) is 17.4. The molecule has 2 aliphatic rings. The van der Waals surface area contributed by atoms with Gasteiger partial charge in [0.25, 0.3) is 10.0 Å². The number of H-pyrrole nitrogens is 1. The number of nitrogens with two attached hydrogens (primary N) is 2. The average molecular weight is 522 g/mol. The molecule has 36 heavy (non-hydrogen) atoms.